The molecule has 0 unspecified atom stereocenters. The van der Waals surface area contributed by atoms with Crippen molar-refractivity contribution in [1.82, 2.24) is 4.72 Å². The van der Waals surface area contributed by atoms with E-state index in [1.807, 2.05) is 0 Å². The Morgan fingerprint density at radius 3 is 2.50 bits per heavy atom. The molecule has 0 fully saturated rings. The number of halogens is 1. The molecular weight excluding hydrogens is 359 g/mol. The monoisotopic (exact) mass is 380 g/mol. The highest BCUT2D eigenvalue weighted by atomic mass is 32.2. The molecule has 0 aliphatic carbocycles. The lowest BCUT2D eigenvalue weighted by Gasteiger charge is -2.21. The summed E-state index contributed by atoms with van der Waals surface area (Å²) in [5.74, 6) is -0.763. The second kappa shape index (κ2) is 8.88. The van der Waals surface area contributed by atoms with Gasteiger partial charge in [-0.2, -0.15) is 0 Å². The molecule has 140 valence electrons. The zero-order valence-electron chi connectivity index (χ0n) is 14.6. The van der Waals surface area contributed by atoms with E-state index >= 15 is 0 Å². The second-order valence-electron chi connectivity index (χ2n) is 5.44. The third-order valence-corrected chi connectivity index (χ3v) is 5.15. The van der Waals surface area contributed by atoms with E-state index in [0.29, 0.717) is 12.2 Å². The molecule has 2 aromatic carbocycles. The molecule has 0 saturated heterocycles. The Hall–Kier alpha value is -2.29. The smallest absolute Gasteiger partial charge is 0.258 e. The first-order valence-corrected chi connectivity index (χ1v) is 9.53. The van der Waals surface area contributed by atoms with Crippen LogP contribution in [0.3, 0.4) is 0 Å². The van der Waals surface area contributed by atoms with Crippen LogP contribution >= 0.6 is 0 Å². The first-order chi connectivity index (χ1) is 12.4. The molecule has 0 aliphatic rings. The van der Waals surface area contributed by atoms with Crippen LogP contribution in [0, 0.1) is 5.82 Å². The molecule has 6 nitrogen and oxygen atoms in total. The highest BCUT2D eigenvalue weighted by molar-refractivity contribution is 7.89. The van der Waals surface area contributed by atoms with Gasteiger partial charge >= 0.3 is 0 Å². The van der Waals surface area contributed by atoms with Gasteiger partial charge in [-0.3, -0.25) is 4.79 Å². The number of amides is 1. The molecule has 2 aromatic rings. The SMILES string of the molecule is CCN(C(=O)c1cccc(S(=O)(=O)NCCOC)c1)c1ccc(F)cc1. The van der Waals surface area contributed by atoms with E-state index in [1.165, 1.54) is 54.5 Å². The largest absolute Gasteiger partial charge is 0.383 e. The van der Waals surface area contributed by atoms with Crippen molar-refractivity contribution >= 4 is 21.6 Å². The molecule has 0 atom stereocenters. The fourth-order valence-electron chi connectivity index (χ4n) is 2.38. The summed E-state index contributed by atoms with van der Waals surface area (Å²) in [5, 5.41) is 0. The normalized spacial score (nSPS) is 11.3. The van der Waals surface area contributed by atoms with E-state index in [1.54, 1.807) is 13.0 Å². The number of nitrogens with zero attached hydrogens (tertiary/aromatic N) is 1. The third-order valence-electron chi connectivity index (χ3n) is 3.69. The van der Waals surface area contributed by atoms with Gasteiger partial charge in [-0.25, -0.2) is 17.5 Å². The summed E-state index contributed by atoms with van der Waals surface area (Å²) >= 11 is 0. The average Bonchev–Trinajstić information content (AvgIpc) is 2.64. The number of carbonyl (C=O) groups is 1. The van der Waals surface area contributed by atoms with Gasteiger partial charge in [0.25, 0.3) is 5.91 Å². The molecule has 0 aromatic heterocycles. The van der Waals surface area contributed by atoms with E-state index in [0.717, 1.165) is 0 Å². The maximum atomic E-state index is 13.1. The van der Waals surface area contributed by atoms with Gasteiger partial charge in [0.15, 0.2) is 0 Å². The summed E-state index contributed by atoms with van der Waals surface area (Å²) < 4.78 is 44.9. The Labute approximate surface area is 152 Å². The summed E-state index contributed by atoms with van der Waals surface area (Å²) in [6, 6.07) is 11.3. The third kappa shape index (κ3) is 4.87. The number of benzene rings is 2. The van der Waals surface area contributed by atoms with Crippen molar-refractivity contribution in [3.8, 4) is 0 Å². The van der Waals surface area contributed by atoms with Gasteiger partial charge in [0.05, 0.1) is 11.5 Å². The lowest BCUT2D eigenvalue weighted by atomic mass is 10.2. The number of sulfonamides is 1. The number of nitrogens with one attached hydrogen (secondary N) is 1. The van der Waals surface area contributed by atoms with Gasteiger partial charge in [0, 0.05) is 31.5 Å². The van der Waals surface area contributed by atoms with Crippen molar-refractivity contribution < 1.29 is 22.3 Å². The van der Waals surface area contributed by atoms with Crippen LogP contribution < -0.4 is 9.62 Å². The molecule has 0 radical (unpaired) electrons. The van der Waals surface area contributed by atoms with Crippen LogP contribution in [0.4, 0.5) is 10.1 Å². The Balaban J connectivity index is 2.27. The lowest BCUT2D eigenvalue weighted by Crippen LogP contribution is -2.31. The maximum Gasteiger partial charge on any atom is 0.258 e. The molecular formula is C18H21FN2O4S. The van der Waals surface area contributed by atoms with Crippen LogP contribution in [0.1, 0.15) is 17.3 Å². The van der Waals surface area contributed by atoms with Crippen LogP contribution in [0.5, 0.6) is 0 Å². The summed E-state index contributed by atoms with van der Waals surface area (Å²) in [4.78, 5) is 14.2. The number of hydrogen-bond donors (Lipinski definition) is 1. The number of anilines is 1. The summed E-state index contributed by atoms with van der Waals surface area (Å²) in [6.07, 6.45) is 0. The number of ether oxygens (including phenoxy) is 1. The van der Waals surface area contributed by atoms with Crippen molar-refractivity contribution in [2.45, 2.75) is 11.8 Å². The molecule has 2 rings (SSSR count). The summed E-state index contributed by atoms with van der Waals surface area (Å²) in [5.41, 5.74) is 0.760. The minimum absolute atomic E-state index is 0.00499. The van der Waals surface area contributed by atoms with Crippen molar-refractivity contribution in [3.63, 3.8) is 0 Å². The molecule has 0 spiro atoms. The molecule has 0 aliphatic heterocycles. The predicted molar refractivity (Wildman–Crippen MR) is 97.3 cm³/mol. The van der Waals surface area contributed by atoms with Crippen molar-refractivity contribution in [3.05, 3.63) is 59.9 Å². The molecule has 0 saturated carbocycles. The Kier molecular flexibility index (Phi) is 6.84. The van der Waals surface area contributed by atoms with E-state index in [-0.39, 0.29) is 29.5 Å². The number of methoxy groups -OCH3 is 1. The van der Waals surface area contributed by atoms with Gasteiger partial charge in [-0.05, 0) is 49.4 Å². The van der Waals surface area contributed by atoms with E-state index in [9.17, 15) is 17.6 Å². The Bertz CT molecular complexity index is 854. The number of hydrogen-bond acceptors (Lipinski definition) is 4. The van der Waals surface area contributed by atoms with Crippen LogP contribution in [0.2, 0.25) is 0 Å². The molecule has 8 heteroatoms. The highest BCUT2D eigenvalue weighted by Gasteiger charge is 2.20. The van der Waals surface area contributed by atoms with E-state index in [2.05, 4.69) is 4.72 Å². The predicted octanol–water partition coefficient (Wildman–Crippen LogP) is 2.42. The van der Waals surface area contributed by atoms with Crippen molar-refractivity contribution in [2.24, 2.45) is 0 Å². The molecule has 0 heterocycles. The quantitative estimate of drug-likeness (QED) is 0.714. The molecule has 1 amide bonds. The van der Waals surface area contributed by atoms with Gasteiger partial charge < -0.3 is 9.64 Å². The van der Waals surface area contributed by atoms with Gasteiger partial charge in [-0.15, -0.1) is 0 Å². The number of carbonyl (C=O) groups excluding carboxylic acids is 1. The Morgan fingerprint density at radius 1 is 1.19 bits per heavy atom. The van der Waals surface area contributed by atoms with E-state index < -0.39 is 15.8 Å². The topological polar surface area (TPSA) is 75.7 Å². The molecule has 26 heavy (non-hydrogen) atoms. The maximum absolute atomic E-state index is 13.1. The summed E-state index contributed by atoms with van der Waals surface area (Å²) in [7, 11) is -2.27. The molecule has 1 N–H and O–H groups in total. The number of rotatable bonds is 8. The van der Waals surface area contributed by atoms with Gasteiger partial charge in [0.2, 0.25) is 10.0 Å². The van der Waals surface area contributed by atoms with Crippen LogP contribution in [-0.4, -0.2) is 41.1 Å². The van der Waals surface area contributed by atoms with Crippen LogP contribution in [0.25, 0.3) is 0 Å². The highest BCUT2D eigenvalue weighted by Crippen LogP contribution is 2.19. The van der Waals surface area contributed by atoms with Gasteiger partial charge in [0.1, 0.15) is 5.82 Å². The van der Waals surface area contributed by atoms with E-state index in [4.69, 9.17) is 4.74 Å². The zero-order valence-corrected chi connectivity index (χ0v) is 15.4. The lowest BCUT2D eigenvalue weighted by molar-refractivity contribution is 0.0988. The first-order valence-electron chi connectivity index (χ1n) is 8.05. The van der Waals surface area contributed by atoms with Crippen LogP contribution in [0.15, 0.2) is 53.4 Å². The minimum Gasteiger partial charge on any atom is -0.383 e. The second-order valence-corrected chi connectivity index (χ2v) is 7.21. The van der Waals surface area contributed by atoms with Crippen molar-refractivity contribution in [1.29, 1.82) is 0 Å². The van der Waals surface area contributed by atoms with Crippen LogP contribution in [-0.2, 0) is 14.8 Å². The van der Waals surface area contributed by atoms with Gasteiger partial charge in [-0.1, -0.05) is 6.07 Å². The molecule has 0 bridgehead atoms. The fraction of sp³-hybridized carbons (Fsp3) is 0.278. The minimum atomic E-state index is -3.74. The first kappa shape index (κ1) is 20.0. The zero-order chi connectivity index (χ0) is 19.2. The standard InChI is InChI=1S/C18H21FN2O4S/c1-3-21(16-9-7-15(19)8-10-16)18(22)14-5-4-6-17(13-14)26(23,24)20-11-12-25-2/h4-10,13,20H,3,11-12H2,1-2H3. The fourth-order valence-corrected chi connectivity index (χ4v) is 3.44. The van der Waals surface area contributed by atoms with Crippen molar-refractivity contribution in [2.75, 3.05) is 31.7 Å². The Morgan fingerprint density at radius 2 is 1.88 bits per heavy atom. The summed E-state index contributed by atoms with van der Waals surface area (Å²) in [6.45, 7) is 2.52. The average molecular weight is 380 g/mol.